The SMILES string of the molecule is CC(C)CC(C)N(C)S(=O)(=O)c1csc(CNC2CC2)c1. The summed E-state index contributed by atoms with van der Waals surface area (Å²) in [6, 6.07) is 2.47. The second-order valence-electron chi connectivity index (χ2n) is 6.40. The van der Waals surface area contributed by atoms with Gasteiger partial charge < -0.3 is 5.32 Å². The fourth-order valence-electron chi connectivity index (χ4n) is 2.35. The first kappa shape index (κ1) is 16.9. The van der Waals surface area contributed by atoms with Crippen LogP contribution < -0.4 is 5.32 Å². The van der Waals surface area contributed by atoms with E-state index in [0.717, 1.165) is 17.8 Å². The predicted octanol–water partition coefficient (Wildman–Crippen LogP) is 3.06. The average molecular weight is 331 g/mol. The number of hydrogen-bond donors (Lipinski definition) is 1. The van der Waals surface area contributed by atoms with Crippen molar-refractivity contribution in [3.8, 4) is 0 Å². The molecule has 21 heavy (non-hydrogen) atoms. The highest BCUT2D eigenvalue weighted by molar-refractivity contribution is 7.89. The summed E-state index contributed by atoms with van der Waals surface area (Å²) in [5.74, 6) is 0.485. The molecule has 2 rings (SSSR count). The van der Waals surface area contributed by atoms with E-state index in [1.54, 1.807) is 12.4 Å². The van der Waals surface area contributed by atoms with Gasteiger partial charge in [0.2, 0.25) is 10.0 Å². The zero-order valence-electron chi connectivity index (χ0n) is 13.3. The first-order valence-corrected chi connectivity index (χ1v) is 9.91. The summed E-state index contributed by atoms with van der Waals surface area (Å²) in [5, 5.41) is 5.18. The second-order valence-corrected chi connectivity index (χ2v) is 9.40. The largest absolute Gasteiger partial charge is 0.309 e. The Morgan fingerprint density at radius 2 is 2.05 bits per heavy atom. The smallest absolute Gasteiger partial charge is 0.243 e. The second kappa shape index (κ2) is 6.77. The maximum absolute atomic E-state index is 12.6. The van der Waals surface area contributed by atoms with Crippen molar-refractivity contribution in [3.05, 3.63) is 16.3 Å². The summed E-state index contributed by atoms with van der Waals surface area (Å²) >= 11 is 1.52. The Morgan fingerprint density at radius 3 is 2.62 bits per heavy atom. The Hall–Kier alpha value is -0.430. The van der Waals surface area contributed by atoms with Gasteiger partial charge in [0.1, 0.15) is 0 Å². The molecular weight excluding hydrogens is 304 g/mol. The van der Waals surface area contributed by atoms with Gasteiger partial charge in [0.25, 0.3) is 0 Å². The molecule has 1 unspecified atom stereocenters. The molecule has 0 bridgehead atoms. The van der Waals surface area contributed by atoms with Gasteiger partial charge in [0, 0.05) is 35.9 Å². The van der Waals surface area contributed by atoms with Crippen molar-refractivity contribution in [2.24, 2.45) is 5.92 Å². The van der Waals surface area contributed by atoms with Crippen molar-refractivity contribution in [1.82, 2.24) is 9.62 Å². The number of thiophene rings is 1. The highest BCUT2D eigenvalue weighted by Crippen LogP contribution is 2.26. The van der Waals surface area contributed by atoms with Gasteiger partial charge in [0.05, 0.1) is 4.90 Å². The lowest BCUT2D eigenvalue weighted by Crippen LogP contribution is -2.35. The maximum atomic E-state index is 12.6. The number of nitrogens with zero attached hydrogens (tertiary/aromatic N) is 1. The van der Waals surface area contributed by atoms with Crippen LogP contribution in [0.25, 0.3) is 0 Å². The molecule has 0 aliphatic heterocycles. The summed E-state index contributed by atoms with van der Waals surface area (Å²) in [6.45, 7) is 6.97. The summed E-state index contributed by atoms with van der Waals surface area (Å²) in [4.78, 5) is 1.52. The molecule has 0 amide bonds. The third-order valence-corrected chi connectivity index (χ3v) is 6.92. The molecule has 1 aromatic heterocycles. The van der Waals surface area contributed by atoms with E-state index in [9.17, 15) is 8.42 Å². The van der Waals surface area contributed by atoms with Crippen LogP contribution in [-0.2, 0) is 16.6 Å². The third-order valence-electron chi connectivity index (χ3n) is 3.88. The minimum Gasteiger partial charge on any atom is -0.309 e. The number of nitrogens with one attached hydrogen (secondary N) is 1. The van der Waals surface area contributed by atoms with Crippen LogP contribution in [0.1, 0.15) is 44.9 Å². The average Bonchev–Trinajstić information content (AvgIpc) is 3.10. The molecule has 0 saturated heterocycles. The summed E-state index contributed by atoms with van der Waals surface area (Å²) in [5.41, 5.74) is 0. The summed E-state index contributed by atoms with van der Waals surface area (Å²) < 4.78 is 26.8. The van der Waals surface area contributed by atoms with Crippen LogP contribution in [0.4, 0.5) is 0 Å². The van der Waals surface area contributed by atoms with Crippen molar-refractivity contribution in [2.45, 2.75) is 63.6 Å². The van der Waals surface area contributed by atoms with Gasteiger partial charge in [-0.2, -0.15) is 4.31 Å². The lowest BCUT2D eigenvalue weighted by atomic mass is 10.1. The van der Waals surface area contributed by atoms with Crippen LogP contribution in [0.3, 0.4) is 0 Å². The van der Waals surface area contributed by atoms with E-state index >= 15 is 0 Å². The first-order valence-electron chi connectivity index (χ1n) is 7.59. The fraction of sp³-hybridized carbons (Fsp3) is 0.733. The predicted molar refractivity (Wildman–Crippen MR) is 88.0 cm³/mol. The Labute approximate surface area is 132 Å². The van der Waals surface area contributed by atoms with Crippen LogP contribution in [0.5, 0.6) is 0 Å². The minimum atomic E-state index is -3.37. The number of hydrogen-bond acceptors (Lipinski definition) is 4. The van der Waals surface area contributed by atoms with E-state index < -0.39 is 10.0 Å². The molecule has 0 radical (unpaired) electrons. The zero-order valence-corrected chi connectivity index (χ0v) is 14.9. The van der Waals surface area contributed by atoms with Crippen molar-refractivity contribution < 1.29 is 8.42 Å². The van der Waals surface area contributed by atoms with Crippen molar-refractivity contribution in [3.63, 3.8) is 0 Å². The van der Waals surface area contributed by atoms with E-state index in [-0.39, 0.29) is 6.04 Å². The maximum Gasteiger partial charge on any atom is 0.243 e. The Kier molecular flexibility index (Phi) is 5.46. The van der Waals surface area contributed by atoms with Crippen LogP contribution in [0, 0.1) is 5.92 Å². The Balaban J connectivity index is 2.03. The van der Waals surface area contributed by atoms with Gasteiger partial charge in [-0.15, -0.1) is 11.3 Å². The van der Waals surface area contributed by atoms with Gasteiger partial charge in [-0.05, 0) is 38.2 Å². The molecule has 4 nitrogen and oxygen atoms in total. The van der Waals surface area contributed by atoms with Crippen LogP contribution in [0.2, 0.25) is 0 Å². The van der Waals surface area contributed by atoms with Gasteiger partial charge in [-0.1, -0.05) is 13.8 Å². The van der Waals surface area contributed by atoms with Crippen LogP contribution in [-0.4, -0.2) is 31.9 Å². The molecule has 0 spiro atoms. The molecular formula is C15H26N2O2S2. The highest BCUT2D eigenvalue weighted by atomic mass is 32.2. The first-order chi connectivity index (χ1) is 9.80. The monoisotopic (exact) mass is 330 g/mol. The molecule has 120 valence electrons. The molecule has 1 aliphatic carbocycles. The van der Waals surface area contributed by atoms with Crippen molar-refractivity contribution in [2.75, 3.05) is 7.05 Å². The van der Waals surface area contributed by atoms with Crippen molar-refractivity contribution >= 4 is 21.4 Å². The van der Waals surface area contributed by atoms with Crippen LogP contribution in [0.15, 0.2) is 16.3 Å². The molecule has 1 aromatic rings. The number of sulfonamides is 1. The third kappa shape index (κ3) is 4.52. The molecule has 1 fully saturated rings. The summed E-state index contributed by atoms with van der Waals surface area (Å²) in [6.07, 6.45) is 3.36. The Morgan fingerprint density at radius 1 is 1.38 bits per heavy atom. The van der Waals surface area contributed by atoms with Gasteiger partial charge in [-0.3, -0.25) is 0 Å². The van der Waals surface area contributed by atoms with Gasteiger partial charge in [-0.25, -0.2) is 8.42 Å². The van der Waals surface area contributed by atoms with Crippen molar-refractivity contribution in [1.29, 1.82) is 0 Å². The standard InChI is InChI=1S/C15H26N2O2S2/c1-11(2)7-12(3)17(4)21(18,19)15-8-14(20-10-15)9-16-13-5-6-13/h8,10-13,16H,5-7,9H2,1-4H3. The molecule has 1 saturated carbocycles. The van der Waals surface area contributed by atoms with E-state index in [1.165, 1.54) is 28.5 Å². The number of rotatable bonds is 8. The van der Waals surface area contributed by atoms with E-state index in [2.05, 4.69) is 19.2 Å². The lowest BCUT2D eigenvalue weighted by Gasteiger charge is -2.25. The molecule has 1 aliphatic rings. The fourth-order valence-corrected chi connectivity index (χ4v) is 4.94. The quantitative estimate of drug-likeness (QED) is 0.797. The Bertz CT molecular complexity index is 562. The topological polar surface area (TPSA) is 49.4 Å². The zero-order chi connectivity index (χ0) is 15.6. The normalized spacial score (nSPS) is 17.6. The van der Waals surface area contributed by atoms with Crippen LogP contribution >= 0.6 is 11.3 Å². The van der Waals surface area contributed by atoms with Gasteiger partial charge >= 0.3 is 0 Å². The van der Waals surface area contributed by atoms with E-state index in [1.807, 2.05) is 13.0 Å². The van der Waals surface area contributed by atoms with E-state index in [4.69, 9.17) is 0 Å². The molecule has 1 heterocycles. The highest BCUT2D eigenvalue weighted by Gasteiger charge is 2.27. The summed E-state index contributed by atoms with van der Waals surface area (Å²) in [7, 11) is -1.69. The molecule has 1 atom stereocenters. The van der Waals surface area contributed by atoms with E-state index in [0.29, 0.717) is 16.9 Å². The lowest BCUT2D eigenvalue weighted by molar-refractivity contribution is 0.338. The molecule has 0 aromatic carbocycles. The molecule has 1 N–H and O–H groups in total. The van der Waals surface area contributed by atoms with Gasteiger partial charge in [0.15, 0.2) is 0 Å². The molecule has 6 heteroatoms. The minimum absolute atomic E-state index is 0.0166.